The number of fused-ring (bicyclic) bond motifs is 1. The van der Waals surface area contributed by atoms with E-state index in [0.29, 0.717) is 56.2 Å². The zero-order valence-corrected chi connectivity index (χ0v) is 21.1. The number of nitrogens with zero attached hydrogens (tertiary/aromatic N) is 5. The first-order valence-corrected chi connectivity index (χ1v) is 12.8. The van der Waals surface area contributed by atoms with Crippen molar-refractivity contribution in [3.05, 3.63) is 90.9 Å². The van der Waals surface area contributed by atoms with Crippen molar-refractivity contribution in [3.63, 3.8) is 0 Å². The first-order chi connectivity index (χ1) is 19.1. The molecule has 0 unspecified atom stereocenters. The normalized spacial score (nSPS) is 13.6. The van der Waals surface area contributed by atoms with Gasteiger partial charge in [-0.25, -0.2) is 13.8 Å². The van der Waals surface area contributed by atoms with Gasteiger partial charge in [-0.15, -0.1) is 0 Å². The van der Waals surface area contributed by atoms with Gasteiger partial charge in [-0.05, 0) is 59.7 Å². The Bertz CT molecular complexity index is 1610. The van der Waals surface area contributed by atoms with Gasteiger partial charge in [-0.2, -0.15) is 5.10 Å². The summed E-state index contributed by atoms with van der Waals surface area (Å²) in [4.78, 5) is 23.7. The number of aryl methyl sites for hydroxylation is 1. The largest absolute Gasteiger partial charge is 0.378 e. The van der Waals surface area contributed by atoms with Crippen molar-refractivity contribution < 1.29 is 18.3 Å². The molecule has 1 fully saturated rings. The van der Waals surface area contributed by atoms with Gasteiger partial charge >= 0.3 is 0 Å². The number of aromatic nitrogens is 4. The van der Waals surface area contributed by atoms with Crippen molar-refractivity contribution in [2.24, 2.45) is 0 Å². The lowest BCUT2D eigenvalue weighted by Gasteiger charge is -2.26. The minimum atomic E-state index is -0.349. The molecule has 1 aliphatic heterocycles. The number of amides is 1. The molecular formula is C30H25F2N5O2. The molecular weight excluding hydrogens is 500 g/mol. The molecule has 196 valence electrons. The van der Waals surface area contributed by atoms with Crippen LogP contribution in [-0.2, 0) is 16.1 Å². The van der Waals surface area contributed by atoms with Crippen LogP contribution in [0.4, 0.5) is 8.78 Å². The van der Waals surface area contributed by atoms with Crippen molar-refractivity contribution in [3.8, 4) is 33.5 Å². The van der Waals surface area contributed by atoms with E-state index in [1.807, 2.05) is 23.2 Å². The first-order valence-electron chi connectivity index (χ1n) is 12.8. The van der Waals surface area contributed by atoms with Crippen molar-refractivity contribution in [2.45, 2.75) is 13.0 Å². The van der Waals surface area contributed by atoms with E-state index in [0.717, 1.165) is 27.6 Å². The van der Waals surface area contributed by atoms with Gasteiger partial charge in [-0.3, -0.25) is 14.5 Å². The molecule has 39 heavy (non-hydrogen) atoms. The highest BCUT2D eigenvalue weighted by Gasteiger charge is 2.23. The second-order valence-electron chi connectivity index (χ2n) is 9.33. The lowest BCUT2D eigenvalue weighted by Crippen LogP contribution is -2.40. The van der Waals surface area contributed by atoms with Gasteiger partial charge in [0.2, 0.25) is 5.91 Å². The highest BCUT2D eigenvalue weighted by Crippen LogP contribution is 2.43. The maximum atomic E-state index is 13.9. The van der Waals surface area contributed by atoms with E-state index in [9.17, 15) is 13.6 Å². The Balaban J connectivity index is 1.51. The predicted octanol–water partition coefficient (Wildman–Crippen LogP) is 5.35. The molecule has 1 amide bonds. The van der Waals surface area contributed by atoms with Crippen LogP contribution in [0.5, 0.6) is 0 Å². The zero-order valence-electron chi connectivity index (χ0n) is 21.1. The molecule has 0 aliphatic carbocycles. The highest BCUT2D eigenvalue weighted by atomic mass is 19.1. The smallest absolute Gasteiger partial charge is 0.224 e. The fraction of sp³-hybridized carbons (Fsp3) is 0.200. The lowest BCUT2D eigenvalue weighted by molar-refractivity contribution is -0.135. The van der Waals surface area contributed by atoms with E-state index in [1.165, 1.54) is 24.3 Å². The van der Waals surface area contributed by atoms with E-state index in [2.05, 4.69) is 4.98 Å². The summed E-state index contributed by atoms with van der Waals surface area (Å²) in [7, 11) is 0. The van der Waals surface area contributed by atoms with Gasteiger partial charge in [-0.1, -0.05) is 12.1 Å². The Hall–Kier alpha value is -4.50. The first kappa shape index (κ1) is 24.8. The Morgan fingerprint density at radius 3 is 2.10 bits per heavy atom. The number of ether oxygens (including phenoxy) is 1. The molecule has 5 aromatic rings. The van der Waals surface area contributed by atoms with Gasteiger partial charge in [0, 0.05) is 66.7 Å². The molecule has 4 heterocycles. The minimum Gasteiger partial charge on any atom is -0.378 e. The summed E-state index contributed by atoms with van der Waals surface area (Å²) < 4.78 is 34.8. The number of hydrogen-bond donors (Lipinski definition) is 0. The SMILES string of the molecule is O=C(CCn1cc2c(-c3ccc(F)cc3)c(-c3ccncc3)c(-c3ccc(F)cc3)nc2n1)N1CCOCC1. The summed E-state index contributed by atoms with van der Waals surface area (Å²) in [5.41, 5.74) is 5.05. The van der Waals surface area contributed by atoms with E-state index < -0.39 is 0 Å². The molecule has 1 saturated heterocycles. The van der Waals surface area contributed by atoms with Gasteiger partial charge in [0.25, 0.3) is 0 Å². The topological polar surface area (TPSA) is 73.1 Å². The third-order valence-electron chi connectivity index (χ3n) is 6.85. The molecule has 0 bridgehead atoms. The lowest BCUT2D eigenvalue weighted by atomic mass is 9.90. The number of rotatable bonds is 6. The van der Waals surface area contributed by atoms with E-state index >= 15 is 0 Å². The second kappa shape index (κ2) is 10.7. The van der Waals surface area contributed by atoms with Crippen molar-refractivity contribution >= 4 is 16.9 Å². The summed E-state index contributed by atoms with van der Waals surface area (Å²) in [6.45, 7) is 2.66. The third-order valence-corrected chi connectivity index (χ3v) is 6.85. The standard InChI is InChI=1S/C30H25F2N5O2/c31-23-5-1-20(2-6-23)27-25-19-37(14-11-26(38)36-15-17-39-18-16-36)35-30(25)34-29(22-3-7-24(32)8-4-22)28(27)21-9-12-33-13-10-21/h1-10,12-13,19H,11,14-18H2. The molecule has 0 spiro atoms. The summed E-state index contributed by atoms with van der Waals surface area (Å²) in [6.07, 6.45) is 5.57. The number of morpholine rings is 1. The summed E-state index contributed by atoms with van der Waals surface area (Å²) in [5.74, 6) is -0.641. The van der Waals surface area contributed by atoms with Crippen LogP contribution in [0.25, 0.3) is 44.5 Å². The van der Waals surface area contributed by atoms with Crippen molar-refractivity contribution in [2.75, 3.05) is 26.3 Å². The average Bonchev–Trinajstić information content (AvgIpc) is 3.39. The quantitative estimate of drug-likeness (QED) is 0.299. The molecule has 0 saturated carbocycles. The Labute approximate surface area is 223 Å². The molecule has 0 atom stereocenters. The van der Waals surface area contributed by atoms with E-state index in [4.69, 9.17) is 14.8 Å². The number of carbonyl (C=O) groups excluding carboxylic acids is 1. The average molecular weight is 526 g/mol. The van der Waals surface area contributed by atoms with Crippen LogP contribution in [-0.4, -0.2) is 56.9 Å². The summed E-state index contributed by atoms with van der Waals surface area (Å²) in [5, 5.41) is 5.48. The molecule has 0 N–H and O–H groups in total. The van der Waals surface area contributed by atoms with Crippen LogP contribution in [0.3, 0.4) is 0 Å². The maximum absolute atomic E-state index is 13.9. The molecule has 1 aliphatic rings. The highest BCUT2D eigenvalue weighted by molar-refractivity contribution is 6.05. The van der Waals surface area contributed by atoms with Crippen LogP contribution in [0, 0.1) is 11.6 Å². The van der Waals surface area contributed by atoms with Gasteiger partial charge in [0.1, 0.15) is 11.6 Å². The molecule has 3 aromatic heterocycles. The number of carbonyl (C=O) groups is 1. The van der Waals surface area contributed by atoms with Gasteiger partial charge in [0.05, 0.1) is 18.9 Å². The molecule has 0 radical (unpaired) electrons. The van der Waals surface area contributed by atoms with Gasteiger partial charge < -0.3 is 9.64 Å². The van der Waals surface area contributed by atoms with Crippen LogP contribution in [0.15, 0.2) is 79.3 Å². The predicted molar refractivity (Wildman–Crippen MR) is 144 cm³/mol. The molecule has 7 nitrogen and oxygen atoms in total. The number of hydrogen-bond acceptors (Lipinski definition) is 5. The van der Waals surface area contributed by atoms with Crippen molar-refractivity contribution in [1.82, 2.24) is 24.6 Å². The molecule has 9 heteroatoms. The Morgan fingerprint density at radius 2 is 1.44 bits per heavy atom. The fourth-order valence-electron chi connectivity index (χ4n) is 4.91. The fourth-order valence-corrected chi connectivity index (χ4v) is 4.91. The minimum absolute atomic E-state index is 0.0500. The van der Waals surface area contributed by atoms with E-state index in [1.54, 1.807) is 41.3 Å². The second-order valence-corrected chi connectivity index (χ2v) is 9.33. The number of benzene rings is 2. The van der Waals surface area contributed by atoms with Gasteiger partial charge in [0.15, 0.2) is 5.65 Å². The molecule has 2 aromatic carbocycles. The Kier molecular flexibility index (Phi) is 6.81. The summed E-state index contributed by atoms with van der Waals surface area (Å²) in [6, 6.07) is 16.2. The van der Waals surface area contributed by atoms with Crippen LogP contribution < -0.4 is 0 Å². The maximum Gasteiger partial charge on any atom is 0.224 e. The number of pyridine rings is 2. The summed E-state index contributed by atoms with van der Waals surface area (Å²) >= 11 is 0. The number of halogens is 2. The zero-order chi connectivity index (χ0) is 26.8. The van der Waals surface area contributed by atoms with Crippen LogP contribution in [0.1, 0.15) is 6.42 Å². The Morgan fingerprint density at radius 1 is 0.821 bits per heavy atom. The van der Waals surface area contributed by atoms with Crippen molar-refractivity contribution in [1.29, 1.82) is 0 Å². The van der Waals surface area contributed by atoms with Crippen LogP contribution >= 0.6 is 0 Å². The van der Waals surface area contributed by atoms with Crippen LogP contribution in [0.2, 0.25) is 0 Å². The monoisotopic (exact) mass is 525 g/mol. The van der Waals surface area contributed by atoms with E-state index in [-0.39, 0.29) is 17.5 Å². The molecule has 6 rings (SSSR count). The third kappa shape index (κ3) is 5.13.